The molecule has 0 aliphatic rings. The molecular formula is C28H31ClF2N4O5. The van der Waals surface area contributed by atoms with Crippen molar-refractivity contribution in [3.8, 4) is 0 Å². The third-order valence-corrected chi connectivity index (χ3v) is 7.06. The summed E-state index contributed by atoms with van der Waals surface area (Å²) in [5, 5.41) is 15.3. The molecule has 12 heteroatoms. The van der Waals surface area contributed by atoms with E-state index in [1.807, 2.05) is 0 Å². The fourth-order valence-corrected chi connectivity index (χ4v) is 4.28. The molecule has 9 nitrogen and oxygen atoms in total. The number of anilines is 1. The highest BCUT2D eigenvalue weighted by Crippen LogP contribution is 2.30. The van der Waals surface area contributed by atoms with Crippen LogP contribution in [0, 0.1) is 17.0 Å². The quantitative estimate of drug-likeness (QED) is 0.239. The summed E-state index contributed by atoms with van der Waals surface area (Å²) in [6, 6.07) is 8.97. The molecule has 0 saturated heterocycles. The lowest BCUT2D eigenvalue weighted by Crippen LogP contribution is -2.44. The van der Waals surface area contributed by atoms with Gasteiger partial charge in [0.1, 0.15) is 29.3 Å². The largest absolute Gasteiger partial charge is 0.449 e. The minimum Gasteiger partial charge on any atom is -0.449 e. The maximum Gasteiger partial charge on any atom is 0.412 e. The number of aryl methyl sites for hydroxylation is 1. The lowest BCUT2D eigenvalue weighted by molar-refractivity contribution is -0.130. The lowest BCUT2D eigenvalue weighted by atomic mass is 9.77. The molecule has 0 aliphatic carbocycles. The van der Waals surface area contributed by atoms with Crippen LogP contribution in [0.2, 0.25) is 5.02 Å². The second-order valence-corrected chi connectivity index (χ2v) is 9.98. The highest BCUT2D eigenvalue weighted by molar-refractivity contribution is 6.31. The Morgan fingerprint density at radius 2 is 1.93 bits per heavy atom. The Hall–Kier alpha value is -3.67. The van der Waals surface area contributed by atoms with Crippen molar-refractivity contribution < 1.29 is 33.0 Å². The summed E-state index contributed by atoms with van der Waals surface area (Å²) in [4.78, 5) is 41.8. The number of carbonyl (C=O) groups excluding carboxylic acids is 3. The monoisotopic (exact) mass is 576 g/mol. The summed E-state index contributed by atoms with van der Waals surface area (Å²) >= 11 is 6.02. The molecule has 214 valence electrons. The van der Waals surface area contributed by atoms with E-state index in [9.17, 15) is 23.2 Å². The van der Waals surface area contributed by atoms with Gasteiger partial charge in [0.2, 0.25) is 5.91 Å². The van der Waals surface area contributed by atoms with Crippen molar-refractivity contribution >= 4 is 46.0 Å². The standard InChI is InChI=1S/C28H31ClF2N4O5/c1-28(9-11-33-26(38)22(32)16-36,23(37)8-6-17-3-2-4-21(31)25(17)29)10-12-40-27(39)35-24-14-19-13-20(30)7-5-18(19)15-34-24/h2-5,7,13-15,22,36H,6,8-12,16,32H2,1H3,(H,33,38)(H,34,35,39)/t22-,28?/m0/s1. The van der Waals surface area contributed by atoms with Gasteiger partial charge in [0.05, 0.1) is 18.2 Å². The topological polar surface area (TPSA) is 144 Å². The van der Waals surface area contributed by atoms with Gasteiger partial charge >= 0.3 is 6.09 Å². The lowest BCUT2D eigenvalue weighted by Gasteiger charge is -2.28. The number of pyridine rings is 1. The molecule has 1 unspecified atom stereocenters. The van der Waals surface area contributed by atoms with Crippen LogP contribution < -0.4 is 16.4 Å². The van der Waals surface area contributed by atoms with Crippen LogP contribution in [0.25, 0.3) is 10.8 Å². The third-order valence-electron chi connectivity index (χ3n) is 6.64. The van der Waals surface area contributed by atoms with Gasteiger partial charge in [0, 0.05) is 30.0 Å². The molecule has 5 N–H and O–H groups in total. The number of nitrogens with zero attached hydrogens (tertiary/aromatic N) is 1. The van der Waals surface area contributed by atoms with Crippen molar-refractivity contribution in [1.82, 2.24) is 10.3 Å². The van der Waals surface area contributed by atoms with Gasteiger partial charge in [-0.25, -0.2) is 18.6 Å². The van der Waals surface area contributed by atoms with E-state index in [4.69, 9.17) is 27.2 Å². The summed E-state index contributed by atoms with van der Waals surface area (Å²) < 4.78 is 32.6. The first kappa shape index (κ1) is 30.9. The van der Waals surface area contributed by atoms with Crippen LogP contribution in [0.4, 0.5) is 19.4 Å². The Labute approximate surface area is 235 Å². The summed E-state index contributed by atoms with van der Waals surface area (Å²) in [7, 11) is 0. The molecule has 1 heterocycles. The number of nitrogens with two attached hydrogens (primary N) is 1. The first-order chi connectivity index (χ1) is 19.0. The smallest absolute Gasteiger partial charge is 0.412 e. The molecule has 2 amide bonds. The Morgan fingerprint density at radius 3 is 2.67 bits per heavy atom. The summed E-state index contributed by atoms with van der Waals surface area (Å²) in [6.45, 7) is 1.10. The Morgan fingerprint density at radius 1 is 1.15 bits per heavy atom. The van der Waals surface area contributed by atoms with Crippen LogP contribution in [0.1, 0.15) is 31.7 Å². The van der Waals surface area contributed by atoms with Gasteiger partial charge in [0.25, 0.3) is 0 Å². The average molecular weight is 577 g/mol. The molecule has 2 atom stereocenters. The molecular weight excluding hydrogens is 546 g/mol. The van der Waals surface area contributed by atoms with Gasteiger partial charge in [-0.2, -0.15) is 0 Å². The first-order valence-electron chi connectivity index (χ1n) is 12.6. The molecule has 1 aromatic heterocycles. The Bertz CT molecular complexity index is 1380. The van der Waals surface area contributed by atoms with Crippen LogP contribution >= 0.6 is 11.6 Å². The van der Waals surface area contributed by atoms with E-state index in [2.05, 4.69) is 15.6 Å². The van der Waals surface area contributed by atoms with Crippen molar-refractivity contribution in [1.29, 1.82) is 0 Å². The van der Waals surface area contributed by atoms with Gasteiger partial charge in [-0.05, 0) is 60.5 Å². The zero-order chi connectivity index (χ0) is 29.3. The average Bonchev–Trinajstić information content (AvgIpc) is 2.92. The normalized spacial score (nSPS) is 13.3. The molecule has 2 aromatic carbocycles. The van der Waals surface area contributed by atoms with Crippen LogP contribution in [0.15, 0.2) is 48.7 Å². The van der Waals surface area contributed by atoms with Gasteiger partial charge in [-0.3, -0.25) is 14.9 Å². The number of hydrogen-bond acceptors (Lipinski definition) is 7. The number of halogens is 3. The Balaban J connectivity index is 1.62. The predicted octanol–water partition coefficient (Wildman–Crippen LogP) is 4.14. The van der Waals surface area contributed by atoms with E-state index in [1.54, 1.807) is 19.1 Å². The number of aliphatic hydroxyl groups excluding tert-OH is 1. The molecule has 3 aromatic rings. The molecule has 3 rings (SSSR count). The van der Waals surface area contributed by atoms with Crippen LogP contribution in [-0.4, -0.2) is 53.7 Å². The number of ketones is 1. The minimum absolute atomic E-state index is 0.0353. The molecule has 0 saturated carbocycles. The van der Waals surface area contributed by atoms with Crippen LogP contribution in [0.5, 0.6) is 0 Å². The zero-order valence-corrected chi connectivity index (χ0v) is 22.6. The molecule has 0 spiro atoms. The fourth-order valence-electron chi connectivity index (χ4n) is 4.06. The SMILES string of the molecule is CC(CCNC(=O)[C@@H](N)CO)(CCOC(=O)Nc1cc2cc(F)ccc2cn1)C(=O)CCc1cccc(F)c1Cl. The number of aromatic nitrogens is 1. The highest BCUT2D eigenvalue weighted by atomic mass is 35.5. The zero-order valence-electron chi connectivity index (χ0n) is 21.9. The molecule has 0 fully saturated rings. The van der Waals surface area contributed by atoms with E-state index in [0.717, 1.165) is 0 Å². The molecule has 0 aliphatic heterocycles. The van der Waals surface area contributed by atoms with E-state index in [-0.39, 0.29) is 55.5 Å². The van der Waals surface area contributed by atoms with Gasteiger partial charge in [-0.15, -0.1) is 0 Å². The van der Waals surface area contributed by atoms with E-state index in [0.29, 0.717) is 16.3 Å². The van der Waals surface area contributed by atoms with Crippen molar-refractivity contribution in [2.75, 3.05) is 25.1 Å². The highest BCUT2D eigenvalue weighted by Gasteiger charge is 2.33. The molecule has 0 bridgehead atoms. The Kier molecular flexibility index (Phi) is 10.9. The van der Waals surface area contributed by atoms with E-state index >= 15 is 0 Å². The first-order valence-corrected chi connectivity index (χ1v) is 13.0. The van der Waals surface area contributed by atoms with Gasteiger partial charge < -0.3 is 20.9 Å². The van der Waals surface area contributed by atoms with Crippen molar-refractivity contribution in [2.24, 2.45) is 11.1 Å². The number of amides is 2. The summed E-state index contributed by atoms with van der Waals surface area (Å²) in [6.07, 6.45) is 1.22. The van der Waals surface area contributed by atoms with Crippen LogP contribution in [0.3, 0.4) is 0 Å². The fraction of sp³-hybridized carbons (Fsp3) is 0.357. The predicted molar refractivity (Wildman–Crippen MR) is 147 cm³/mol. The van der Waals surface area contributed by atoms with Gasteiger partial charge in [-0.1, -0.05) is 30.7 Å². The summed E-state index contributed by atoms with van der Waals surface area (Å²) in [5.41, 5.74) is 4.97. The maximum atomic E-state index is 13.8. The number of nitrogens with one attached hydrogen (secondary N) is 2. The third kappa shape index (κ3) is 8.41. The molecule has 0 radical (unpaired) electrons. The number of rotatable bonds is 13. The van der Waals surface area contributed by atoms with Crippen molar-refractivity contribution in [2.45, 2.75) is 38.6 Å². The maximum absolute atomic E-state index is 13.8. The van der Waals surface area contributed by atoms with Gasteiger partial charge in [0.15, 0.2) is 0 Å². The summed E-state index contributed by atoms with van der Waals surface area (Å²) in [5.74, 6) is -1.61. The number of Topliss-reactive ketones (excluding diaryl/α,β-unsaturated/α-hetero) is 1. The van der Waals surface area contributed by atoms with E-state index in [1.165, 1.54) is 36.5 Å². The van der Waals surface area contributed by atoms with Crippen LogP contribution in [-0.2, 0) is 20.7 Å². The van der Waals surface area contributed by atoms with Crippen molar-refractivity contribution in [3.05, 3.63) is 70.9 Å². The number of hydrogen-bond donors (Lipinski definition) is 4. The minimum atomic E-state index is -1.09. The van der Waals surface area contributed by atoms with E-state index < -0.39 is 41.7 Å². The van der Waals surface area contributed by atoms with Crippen molar-refractivity contribution in [3.63, 3.8) is 0 Å². The second-order valence-electron chi connectivity index (χ2n) is 9.60. The second kappa shape index (κ2) is 14.1. The number of aliphatic hydroxyl groups is 1. The number of benzene rings is 2. The number of fused-ring (bicyclic) bond motifs is 1. The molecule has 40 heavy (non-hydrogen) atoms. The number of carbonyl (C=O) groups is 3. The number of ether oxygens (including phenoxy) is 1.